The number of nitrogens with one attached hydrogen (secondary N) is 1. The second kappa shape index (κ2) is 8.45. The van der Waals surface area contributed by atoms with Gasteiger partial charge in [-0.05, 0) is 62.1 Å². The quantitative estimate of drug-likeness (QED) is 0.528. The van der Waals surface area contributed by atoms with Gasteiger partial charge in [0.2, 0.25) is 5.91 Å². The molecule has 0 aromatic heterocycles. The number of hydrogen-bond acceptors (Lipinski definition) is 3. The third-order valence-corrected chi connectivity index (χ3v) is 5.57. The molecule has 1 heterocycles. The summed E-state index contributed by atoms with van der Waals surface area (Å²) in [7, 11) is 0. The molecular formula is C23H23F3N2O3. The van der Waals surface area contributed by atoms with Gasteiger partial charge in [-0.3, -0.25) is 9.59 Å². The highest BCUT2D eigenvalue weighted by Crippen LogP contribution is 2.39. The Hall–Kier alpha value is -3.29. The van der Waals surface area contributed by atoms with E-state index >= 15 is 0 Å². The molecule has 0 spiro atoms. The van der Waals surface area contributed by atoms with Gasteiger partial charge in [-0.25, -0.2) is 0 Å². The van der Waals surface area contributed by atoms with Gasteiger partial charge in [0.05, 0.1) is 11.1 Å². The third kappa shape index (κ3) is 4.73. The standard InChI is InChI=1S/C23H23F3N2O3/c1-3-20(30)27-16-9-10-19(29)17(13-16)21(31)28-12-6-11-22(28,2)14-15-7-4-5-8-18(15)23(24,25)26/h3-5,7-10,13,29H,1,6,11-12,14H2,2H3,(H,27,30). The summed E-state index contributed by atoms with van der Waals surface area (Å²) in [5.41, 5.74) is -1.18. The minimum absolute atomic E-state index is 0.0286. The van der Waals surface area contributed by atoms with Crippen molar-refractivity contribution in [2.75, 3.05) is 11.9 Å². The molecule has 31 heavy (non-hydrogen) atoms. The number of hydrogen-bond donors (Lipinski definition) is 2. The third-order valence-electron chi connectivity index (χ3n) is 5.57. The number of rotatable bonds is 5. The normalized spacial score (nSPS) is 18.6. The number of amides is 2. The molecule has 0 radical (unpaired) electrons. The van der Waals surface area contributed by atoms with Gasteiger partial charge in [-0.1, -0.05) is 24.8 Å². The number of halogens is 3. The SMILES string of the molecule is C=CC(=O)Nc1ccc(O)c(C(=O)N2CCCC2(C)Cc2ccccc2C(F)(F)F)c1. The van der Waals surface area contributed by atoms with Crippen LogP contribution in [0.3, 0.4) is 0 Å². The van der Waals surface area contributed by atoms with E-state index in [9.17, 15) is 27.9 Å². The monoisotopic (exact) mass is 432 g/mol. The summed E-state index contributed by atoms with van der Waals surface area (Å²) < 4.78 is 40.3. The van der Waals surface area contributed by atoms with Crippen molar-refractivity contribution in [3.05, 3.63) is 71.8 Å². The van der Waals surface area contributed by atoms with Crippen LogP contribution in [-0.4, -0.2) is 33.9 Å². The molecule has 2 N–H and O–H groups in total. The zero-order valence-electron chi connectivity index (χ0n) is 17.0. The lowest BCUT2D eigenvalue weighted by molar-refractivity contribution is -0.138. The number of alkyl halides is 3. The van der Waals surface area contributed by atoms with Crippen molar-refractivity contribution in [3.8, 4) is 5.75 Å². The molecular weight excluding hydrogens is 409 g/mol. The van der Waals surface area contributed by atoms with Crippen molar-refractivity contribution in [1.82, 2.24) is 4.90 Å². The summed E-state index contributed by atoms with van der Waals surface area (Å²) >= 11 is 0. The van der Waals surface area contributed by atoms with Crippen LogP contribution in [0, 0.1) is 0 Å². The zero-order chi connectivity index (χ0) is 22.8. The van der Waals surface area contributed by atoms with Crippen molar-refractivity contribution in [2.45, 2.75) is 37.9 Å². The lowest BCUT2D eigenvalue weighted by Gasteiger charge is -2.36. The second-order valence-corrected chi connectivity index (χ2v) is 7.81. The first-order valence-electron chi connectivity index (χ1n) is 9.79. The molecule has 0 aliphatic carbocycles. The highest BCUT2D eigenvalue weighted by atomic mass is 19.4. The van der Waals surface area contributed by atoms with Gasteiger partial charge < -0.3 is 15.3 Å². The Kier molecular flexibility index (Phi) is 6.10. The molecule has 0 bridgehead atoms. The Labute approximate surface area is 178 Å². The molecule has 2 aromatic rings. The number of carbonyl (C=O) groups is 2. The highest BCUT2D eigenvalue weighted by Gasteiger charge is 2.42. The van der Waals surface area contributed by atoms with Crippen molar-refractivity contribution >= 4 is 17.5 Å². The lowest BCUT2D eigenvalue weighted by atomic mass is 9.87. The van der Waals surface area contributed by atoms with Crippen molar-refractivity contribution in [1.29, 1.82) is 0 Å². The van der Waals surface area contributed by atoms with Gasteiger partial charge in [0, 0.05) is 17.8 Å². The van der Waals surface area contributed by atoms with E-state index in [2.05, 4.69) is 11.9 Å². The molecule has 5 nitrogen and oxygen atoms in total. The Morgan fingerprint density at radius 2 is 1.97 bits per heavy atom. The molecule has 2 aromatic carbocycles. The number of nitrogens with zero attached hydrogens (tertiary/aromatic N) is 1. The molecule has 164 valence electrons. The number of aromatic hydroxyl groups is 1. The van der Waals surface area contributed by atoms with Gasteiger partial charge in [-0.15, -0.1) is 0 Å². The summed E-state index contributed by atoms with van der Waals surface area (Å²) in [5.74, 6) is -1.25. The molecule has 1 atom stereocenters. The fourth-order valence-electron chi connectivity index (χ4n) is 4.04. The van der Waals surface area contributed by atoms with Crippen LogP contribution in [0.1, 0.15) is 41.3 Å². The Morgan fingerprint density at radius 1 is 1.26 bits per heavy atom. The molecule has 1 fully saturated rings. The van der Waals surface area contributed by atoms with E-state index in [-0.39, 0.29) is 23.3 Å². The van der Waals surface area contributed by atoms with Crippen LogP contribution in [-0.2, 0) is 17.4 Å². The van der Waals surface area contributed by atoms with Gasteiger partial charge in [-0.2, -0.15) is 13.2 Å². The maximum atomic E-state index is 13.4. The highest BCUT2D eigenvalue weighted by molar-refractivity contribution is 6.02. The number of phenolic OH excluding ortho intramolecular Hbond substituents is 1. The van der Waals surface area contributed by atoms with Gasteiger partial charge in [0.1, 0.15) is 5.75 Å². The molecule has 3 rings (SSSR count). The fraction of sp³-hybridized carbons (Fsp3) is 0.304. The number of anilines is 1. The Morgan fingerprint density at radius 3 is 2.65 bits per heavy atom. The first kappa shape index (κ1) is 22.4. The molecule has 1 aliphatic rings. The molecule has 2 amide bonds. The summed E-state index contributed by atoms with van der Waals surface area (Å²) in [6.45, 7) is 5.47. The first-order valence-corrected chi connectivity index (χ1v) is 9.79. The van der Waals surface area contributed by atoms with Crippen LogP contribution >= 0.6 is 0 Å². The van der Waals surface area contributed by atoms with Crippen molar-refractivity contribution in [2.24, 2.45) is 0 Å². The topological polar surface area (TPSA) is 69.6 Å². The van der Waals surface area contributed by atoms with Gasteiger partial charge in [0.25, 0.3) is 5.91 Å². The minimum atomic E-state index is -4.49. The van der Waals surface area contributed by atoms with E-state index in [4.69, 9.17) is 0 Å². The summed E-state index contributed by atoms with van der Waals surface area (Å²) in [6.07, 6.45) is -2.23. The molecule has 0 saturated carbocycles. The summed E-state index contributed by atoms with van der Waals surface area (Å²) in [4.78, 5) is 26.3. The van der Waals surface area contributed by atoms with Crippen molar-refractivity contribution in [3.63, 3.8) is 0 Å². The Balaban J connectivity index is 1.92. The van der Waals surface area contributed by atoms with E-state index in [1.54, 1.807) is 13.0 Å². The molecule has 1 unspecified atom stereocenters. The average Bonchev–Trinajstić information content (AvgIpc) is 3.09. The van der Waals surface area contributed by atoms with E-state index in [0.717, 1.165) is 12.1 Å². The molecule has 1 saturated heterocycles. The van der Waals surface area contributed by atoms with Crippen LogP contribution in [0.4, 0.5) is 18.9 Å². The fourth-order valence-corrected chi connectivity index (χ4v) is 4.04. The predicted octanol–water partition coefficient (Wildman–Crippen LogP) is 4.77. The summed E-state index contributed by atoms with van der Waals surface area (Å²) in [6, 6.07) is 9.44. The predicted molar refractivity (Wildman–Crippen MR) is 111 cm³/mol. The largest absolute Gasteiger partial charge is 0.507 e. The zero-order valence-corrected chi connectivity index (χ0v) is 17.0. The van der Waals surface area contributed by atoms with Crippen LogP contribution in [0.2, 0.25) is 0 Å². The molecule has 8 heteroatoms. The minimum Gasteiger partial charge on any atom is -0.507 e. The smallest absolute Gasteiger partial charge is 0.416 e. The van der Waals surface area contributed by atoms with Crippen LogP contribution in [0.5, 0.6) is 5.75 Å². The van der Waals surface area contributed by atoms with Gasteiger partial charge >= 0.3 is 6.18 Å². The number of carbonyl (C=O) groups excluding carboxylic acids is 2. The summed E-state index contributed by atoms with van der Waals surface area (Å²) in [5, 5.41) is 12.8. The van der Waals surface area contributed by atoms with E-state index in [1.165, 1.54) is 35.2 Å². The van der Waals surface area contributed by atoms with E-state index in [0.29, 0.717) is 25.1 Å². The first-order chi connectivity index (χ1) is 14.5. The second-order valence-electron chi connectivity index (χ2n) is 7.81. The lowest BCUT2D eigenvalue weighted by Crippen LogP contribution is -2.47. The van der Waals surface area contributed by atoms with E-state index < -0.39 is 29.1 Å². The van der Waals surface area contributed by atoms with E-state index in [1.807, 2.05) is 0 Å². The average molecular weight is 432 g/mol. The number of benzene rings is 2. The number of likely N-dealkylation sites (tertiary alicyclic amines) is 1. The maximum Gasteiger partial charge on any atom is 0.416 e. The Bertz CT molecular complexity index is 1020. The maximum absolute atomic E-state index is 13.4. The van der Waals surface area contributed by atoms with Crippen LogP contribution in [0.15, 0.2) is 55.1 Å². The molecule has 1 aliphatic heterocycles. The number of phenols is 1. The van der Waals surface area contributed by atoms with Crippen LogP contribution in [0.25, 0.3) is 0 Å². The van der Waals surface area contributed by atoms with Gasteiger partial charge in [0.15, 0.2) is 0 Å². The van der Waals surface area contributed by atoms with Crippen molar-refractivity contribution < 1.29 is 27.9 Å². The van der Waals surface area contributed by atoms with Crippen LogP contribution < -0.4 is 5.32 Å².